The molecule has 0 radical (unpaired) electrons. The number of anilines is 1. The summed E-state index contributed by atoms with van der Waals surface area (Å²) in [6.45, 7) is 4.27. The highest BCUT2D eigenvalue weighted by atomic mass is 32.1. The summed E-state index contributed by atoms with van der Waals surface area (Å²) in [5.41, 5.74) is 2.17. The SMILES string of the molecule is CC(C)c1ccc([C@H](C(=O)NC2CCCC2)N(C(=O)c2cnccn2)c2cccs2)cc1. The predicted molar refractivity (Wildman–Crippen MR) is 127 cm³/mol. The highest BCUT2D eigenvalue weighted by Crippen LogP contribution is 2.34. The Morgan fingerprint density at radius 1 is 1.06 bits per heavy atom. The van der Waals surface area contributed by atoms with Crippen molar-refractivity contribution >= 4 is 28.2 Å². The molecule has 4 rings (SSSR count). The summed E-state index contributed by atoms with van der Waals surface area (Å²) in [5, 5.41) is 5.80. The van der Waals surface area contributed by atoms with Crippen molar-refractivity contribution in [3.05, 3.63) is 77.2 Å². The third kappa shape index (κ3) is 4.88. The first kappa shape index (κ1) is 22.1. The second-order valence-corrected chi connectivity index (χ2v) is 9.36. The van der Waals surface area contributed by atoms with Crippen LogP contribution >= 0.6 is 11.3 Å². The van der Waals surface area contributed by atoms with Crippen LogP contribution in [0.3, 0.4) is 0 Å². The number of hydrogen-bond acceptors (Lipinski definition) is 5. The number of nitrogens with zero attached hydrogens (tertiary/aromatic N) is 3. The summed E-state index contributed by atoms with van der Waals surface area (Å²) >= 11 is 1.42. The van der Waals surface area contributed by atoms with Gasteiger partial charge in [0.05, 0.1) is 11.2 Å². The Hall–Kier alpha value is -3.06. The summed E-state index contributed by atoms with van der Waals surface area (Å²) in [6.07, 6.45) is 8.64. The van der Waals surface area contributed by atoms with Crippen LogP contribution in [0.5, 0.6) is 0 Å². The molecule has 32 heavy (non-hydrogen) atoms. The molecule has 6 nitrogen and oxygen atoms in total. The van der Waals surface area contributed by atoms with Crippen LogP contribution in [0.15, 0.2) is 60.4 Å². The summed E-state index contributed by atoms with van der Waals surface area (Å²) in [4.78, 5) is 37.1. The van der Waals surface area contributed by atoms with Crippen molar-refractivity contribution in [2.75, 3.05) is 4.90 Å². The van der Waals surface area contributed by atoms with Crippen LogP contribution in [0.1, 0.15) is 73.1 Å². The van der Waals surface area contributed by atoms with Gasteiger partial charge in [0.1, 0.15) is 11.7 Å². The topological polar surface area (TPSA) is 75.2 Å². The molecule has 7 heteroatoms. The first-order valence-corrected chi connectivity index (χ1v) is 12.0. The van der Waals surface area contributed by atoms with Crippen molar-refractivity contribution in [2.45, 2.75) is 57.5 Å². The minimum absolute atomic E-state index is 0.150. The number of amides is 2. The average Bonchev–Trinajstić information content (AvgIpc) is 3.52. The van der Waals surface area contributed by atoms with Crippen LogP contribution in [0.4, 0.5) is 5.00 Å². The zero-order valence-corrected chi connectivity index (χ0v) is 19.2. The van der Waals surface area contributed by atoms with Crippen LogP contribution < -0.4 is 10.2 Å². The molecule has 1 aliphatic rings. The largest absolute Gasteiger partial charge is 0.351 e. The Morgan fingerprint density at radius 2 is 1.78 bits per heavy atom. The minimum Gasteiger partial charge on any atom is -0.351 e. The number of thiophene rings is 1. The summed E-state index contributed by atoms with van der Waals surface area (Å²) < 4.78 is 0. The molecule has 1 aromatic carbocycles. The lowest BCUT2D eigenvalue weighted by atomic mass is 9.97. The quantitative estimate of drug-likeness (QED) is 0.545. The fourth-order valence-electron chi connectivity index (χ4n) is 4.12. The smallest absolute Gasteiger partial charge is 0.280 e. The van der Waals surface area contributed by atoms with E-state index in [9.17, 15) is 9.59 Å². The molecular weight excluding hydrogens is 420 g/mol. The van der Waals surface area contributed by atoms with E-state index in [1.807, 2.05) is 41.8 Å². The first-order valence-electron chi connectivity index (χ1n) is 11.1. The molecule has 1 atom stereocenters. The van der Waals surface area contributed by atoms with Crippen LogP contribution in [-0.4, -0.2) is 27.8 Å². The van der Waals surface area contributed by atoms with Crippen molar-refractivity contribution in [1.82, 2.24) is 15.3 Å². The highest BCUT2D eigenvalue weighted by Gasteiger charge is 2.35. The van der Waals surface area contributed by atoms with Gasteiger partial charge >= 0.3 is 0 Å². The van der Waals surface area contributed by atoms with E-state index in [1.165, 1.54) is 35.5 Å². The average molecular weight is 449 g/mol. The second-order valence-electron chi connectivity index (χ2n) is 8.43. The zero-order chi connectivity index (χ0) is 22.5. The van der Waals surface area contributed by atoms with E-state index in [2.05, 4.69) is 29.1 Å². The molecule has 1 aliphatic carbocycles. The maximum atomic E-state index is 13.7. The lowest BCUT2D eigenvalue weighted by molar-refractivity contribution is -0.123. The highest BCUT2D eigenvalue weighted by molar-refractivity contribution is 7.14. The molecule has 166 valence electrons. The van der Waals surface area contributed by atoms with Crippen molar-refractivity contribution in [3.63, 3.8) is 0 Å². The van der Waals surface area contributed by atoms with E-state index in [1.54, 1.807) is 4.90 Å². The van der Waals surface area contributed by atoms with Gasteiger partial charge < -0.3 is 5.32 Å². The van der Waals surface area contributed by atoms with Gasteiger partial charge in [-0.2, -0.15) is 0 Å². The fourth-order valence-corrected chi connectivity index (χ4v) is 4.87. The third-order valence-electron chi connectivity index (χ3n) is 5.87. The Morgan fingerprint density at radius 3 is 2.38 bits per heavy atom. The monoisotopic (exact) mass is 448 g/mol. The summed E-state index contributed by atoms with van der Waals surface area (Å²) in [5.74, 6) is -0.135. The molecule has 0 saturated heterocycles. The van der Waals surface area contributed by atoms with Gasteiger partial charge in [0, 0.05) is 18.4 Å². The molecule has 1 fully saturated rings. The van der Waals surface area contributed by atoms with Crippen LogP contribution in [0, 0.1) is 0 Å². The third-order valence-corrected chi connectivity index (χ3v) is 6.74. The molecule has 0 bridgehead atoms. The normalized spacial score (nSPS) is 15.0. The lowest BCUT2D eigenvalue weighted by Crippen LogP contribution is -2.46. The van der Waals surface area contributed by atoms with Crippen molar-refractivity contribution in [3.8, 4) is 0 Å². The molecule has 3 aromatic rings. The van der Waals surface area contributed by atoms with Crippen molar-refractivity contribution in [1.29, 1.82) is 0 Å². The van der Waals surface area contributed by atoms with E-state index in [-0.39, 0.29) is 23.6 Å². The Labute approximate surface area is 192 Å². The molecule has 1 N–H and O–H groups in total. The van der Waals surface area contributed by atoms with Crippen LogP contribution in [0.25, 0.3) is 0 Å². The molecule has 2 amide bonds. The fraction of sp³-hybridized carbons (Fsp3) is 0.360. The second kappa shape index (κ2) is 10.0. The molecule has 0 spiro atoms. The van der Waals surface area contributed by atoms with Gasteiger partial charge in [-0.1, -0.05) is 51.0 Å². The Kier molecular flexibility index (Phi) is 6.95. The van der Waals surface area contributed by atoms with Crippen LogP contribution in [-0.2, 0) is 4.79 Å². The van der Waals surface area contributed by atoms with Gasteiger partial charge in [0.2, 0.25) is 5.91 Å². The number of carbonyl (C=O) groups is 2. The molecule has 2 heterocycles. The van der Waals surface area contributed by atoms with Crippen LogP contribution in [0.2, 0.25) is 0 Å². The number of benzene rings is 1. The molecule has 0 unspecified atom stereocenters. The predicted octanol–water partition coefficient (Wildman–Crippen LogP) is 5.11. The maximum Gasteiger partial charge on any atom is 0.280 e. The van der Waals surface area contributed by atoms with E-state index < -0.39 is 6.04 Å². The lowest BCUT2D eigenvalue weighted by Gasteiger charge is -2.31. The maximum absolute atomic E-state index is 13.7. The van der Waals surface area contributed by atoms with E-state index >= 15 is 0 Å². The minimum atomic E-state index is -0.801. The number of rotatable bonds is 7. The van der Waals surface area contributed by atoms with Crippen molar-refractivity contribution in [2.24, 2.45) is 0 Å². The van der Waals surface area contributed by atoms with E-state index in [4.69, 9.17) is 0 Å². The summed E-state index contributed by atoms with van der Waals surface area (Å²) in [7, 11) is 0. The molecular formula is C25H28N4O2S. The standard InChI is InChI=1S/C25H28N4O2S/c1-17(2)18-9-11-19(12-10-18)23(24(30)28-20-6-3-4-7-20)29(22-8-5-15-32-22)25(31)21-16-26-13-14-27-21/h5,8-17,20,23H,3-4,6-7H2,1-2H3,(H,28,30)/t23-/m1/s1. The molecule has 1 saturated carbocycles. The van der Waals surface area contributed by atoms with Gasteiger partial charge in [0.15, 0.2) is 0 Å². The first-order chi connectivity index (χ1) is 15.5. The van der Waals surface area contributed by atoms with Gasteiger partial charge in [-0.15, -0.1) is 11.3 Å². The molecule has 2 aromatic heterocycles. The van der Waals surface area contributed by atoms with Gasteiger partial charge in [-0.05, 0) is 47.4 Å². The Balaban J connectivity index is 1.77. The zero-order valence-electron chi connectivity index (χ0n) is 18.4. The molecule has 0 aliphatic heterocycles. The van der Waals surface area contributed by atoms with Gasteiger partial charge in [-0.3, -0.25) is 19.5 Å². The van der Waals surface area contributed by atoms with Gasteiger partial charge in [-0.25, -0.2) is 4.98 Å². The number of aromatic nitrogens is 2. The summed E-state index contributed by atoms with van der Waals surface area (Å²) in [6, 6.07) is 11.1. The number of hydrogen-bond donors (Lipinski definition) is 1. The number of nitrogens with one attached hydrogen (secondary N) is 1. The van der Waals surface area contributed by atoms with Gasteiger partial charge in [0.25, 0.3) is 5.91 Å². The number of carbonyl (C=O) groups excluding carboxylic acids is 2. The van der Waals surface area contributed by atoms with Crippen molar-refractivity contribution < 1.29 is 9.59 Å². The Bertz CT molecular complexity index is 1030. The van der Waals surface area contributed by atoms with E-state index in [0.717, 1.165) is 31.2 Å². The van der Waals surface area contributed by atoms with E-state index in [0.29, 0.717) is 10.9 Å².